The van der Waals surface area contributed by atoms with E-state index >= 15 is 0 Å². The molecule has 2 heterocycles. The third kappa shape index (κ3) is 3.70. The van der Waals surface area contributed by atoms with E-state index in [1.165, 1.54) is 39.0 Å². The van der Waals surface area contributed by atoms with Crippen LogP contribution in [-0.2, 0) is 4.74 Å². The van der Waals surface area contributed by atoms with E-state index in [0.29, 0.717) is 6.10 Å². The van der Waals surface area contributed by atoms with E-state index in [9.17, 15) is 0 Å². The number of piperidine rings is 1. The van der Waals surface area contributed by atoms with Crippen molar-refractivity contribution in [1.29, 1.82) is 0 Å². The molecule has 0 atom stereocenters. The van der Waals surface area contributed by atoms with E-state index in [4.69, 9.17) is 4.74 Å². The highest BCUT2D eigenvalue weighted by Crippen LogP contribution is 2.12. The first-order valence-electron chi connectivity index (χ1n) is 6.45. The lowest BCUT2D eigenvalue weighted by atomic mass is 10.1. The molecule has 16 heavy (non-hydrogen) atoms. The van der Waals surface area contributed by atoms with Crippen molar-refractivity contribution in [1.82, 2.24) is 14.7 Å². The van der Waals surface area contributed by atoms with E-state index < -0.39 is 0 Å². The normalized spacial score (nSPS) is 27.4. The molecule has 0 aliphatic carbocycles. The number of ether oxygens (including phenoxy) is 1. The highest BCUT2D eigenvalue weighted by molar-refractivity contribution is 4.71. The second kappa shape index (κ2) is 5.96. The second-order valence-corrected chi connectivity index (χ2v) is 5.22. The van der Waals surface area contributed by atoms with Crippen LogP contribution in [0.2, 0.25) is 0 Å². The molecule has 0 bridgehead atoms. The minimum Gasteiger partial charge on any atom is -0.363 e. The lowest BCUT2D eigenvalue weighted by Gasteiger charge is -2.34. The Morgan fingerprint density at radius 2 is 1.44 bits per heavy atom. The first kappa shape index (κ1) is 12.3. The largest absolute Gasteiger partial charge is 0.363 e. The van der Waals surface area contributed by atoms with Crippen molar-refractivity contribution in [2.24, 2.45) is 0 Å². The molecule has 94 valence electrons. The van der Waals surface area contributed by atoms with Crippen molar-refractivity contribution >= 4 is 0 Å². The van der Waals surface area contributed by atoms with Crippen LogP contribution in [0.4, 0.5) is 0 Å². The molecule has 2 aliphatic rings. The summed E-state index contributed by atoms with van der Waals surface area (Å²) in [6.07, 6.45) is 2.89. The van der Waals surface area contributed by atoms with Crippen molar-refractivity contribution in [2.75, 3.05) is 60.1 Å². The van der Waals surface area contributed by atoms with Crippen LogP contribution in [0.1, 0.15) is 12.8 Å². The van der Waals surface area contributed by atoms with Gasteiger partial charge in [-0.15, -0.1) is 0 Å². The number of hydrogen-bond donors (Lipinski definition) is 0. The first-order chi connectivity index (χ1) is 7.74. The quantitative estimate of drug-likeness (QED) is 0.690. The van der Waals surface area contributed by atoms with Crippen LogP contribution in [0.5, 0.6) is 0 Å². The fraction of sp³-hybridized carbons (Fsp3) is 1.00. The summed E-state index contributed by atoms with van der Waals surface area (Å²) in [4.78, 5) is 7.19. The Hall–Kier alpha value is -0.160. The van der Waals surface area contributed by atoms with Crippen LogP contribution in [0.3, 0.4) is 0 Å². The van der Waals surface area contributed by atoms with Gasteiger partial charge in [-0.3, -0.25) is 4.90 Å². The first-order valence-corrected chi connectivity index (χ1v) is 6.45. The number of likely N-dealkylation sites (N-methyl/N-ethyl adjacent to an activating group) is 1. The van der Waals surface area contributed by atoms with Gasteiger partial charge in [0.05, 0.1) is 12.8 Å². The molecule has 0 N–H and O–H groups in total. The number of hydrogen-bond acceptors (Lipinski definition) is 4. The van der Waals surface area contributed by atoms with Gasteiger partial charge in [-0.05, 0) is 26.9 Å². The molecule has 4 nitrogen and oxygen atoms in total. The molecule has 0 radical (unpaired) electrons. The van der Waals surface area contributed by atoms with E-state index in [2.05, 4.69) is 28.8 Å². The smallest absolute Gasteiger partial charge is 0.0994 e. The average molecular weight is 227 g/mol. The third-order valence-electron chi connectivity index (χ3n) is 3.75. The van der Waals surface area contributed by atoms with Gasteiger partial charge in [0.15, 0.2) is 0 Å². The number of likely N-dealkylation sites (tertiary alicyclic amines) is 1. The van der Waals surface area contributed by atoms with Crippen molar-refractivity contribution < 1.29 is 4.74 Å². The zero-order valence-electron chi connectivity index (χ0n) is 10.7. The highest BCUT2D eigenvalue weighted by Gasteiger charge is 2.19. The molecular formula is C12H25N3O. The SMILES string of the molecule is CN1CCC(OCN2CCN(C)CC2)CC1. The van der Waals surface area contributed by atoms with Crippen LogP contribution in [0.25, 0.3) is 0 Å². The fourth-order valence-corrected chi connectivity index (χ4v) is 2.34. The lowest BCUT2D eigenvalue weighted by molar-refractivity contribution is -0.0553. The average Bonchev–Trinajstić information content (AvgIpc) is 2.30. The van der Waals surface area contributed by atoms with Crippen LogP contribution in [0.15, 0.2) is 0 Å². The number of piperazine rings is 1. The van der Waals surface area contributed by atoms with Crippen molar-refractivity contribution in [3.8, 4) is 0 Å². The molecule has 2 saturated heterocycles. The number of rotatable bonds is 3. The fourth-order valence-electron chi connectivity index (χ4n) is 2.34. The summed E-state index contributed by atoms with van der Waals surface area (Å²) in [6.45, 7) is 7.88. The Labute approximate surface area is 99.1 Å². The van der Waals surface area contributed by atoms with E-state index in [-0.39, 0.29) is 0 Å². The van der Waals surface area contributed by atoms with Crippen LogP contribution in [0, 0.1) is 0 Å². The zero-order chi connectivity index (χ0) is 11.4. The molecule has 0 spiro atoms. The Morgan fingerprint density at radius 1 is 0.875 bits per heavy atom. The topological polar surface area (TPSA) is 19.0 Å². The molecule has 0 aromatic carbocycles. The molecule has 4 heteroatoms. The van der Waals surface area contributed by atoms with Gasteiger partial charge in [-0.2, -0.15) is 0 Å². The van der Waals surface area contributed by atoms with Gasteiger partial charge in [-0.1, -0.05) is 0 Å². The molecule has 2 fully saturated rings. The predicted molar refractivity (Wildman–Crippen MR) is 65.5 cm³/mol. The molecule has 0 aromatic rings. The Bertz CT molecular complexity index is 174. The van der Waals surface area contributed by atoms with Crippen LogP contribution in [-0.4, -0.2) is 80.9 Å². The summed E-state index contributed by atoms with van der Waals surface area (Å²) in [5, 5.41) is 0. The van der Waals surface area contributed by atoms with Gasteiger partial charge in [0.1, 0.15) is 0 Å². The standard InChI is InChI=1S/C12H25N3O/c1-13-5-3-12(4-6-13)16-11-15-9-7-14(2)8-10-15/h12H,3-11H2,1-2H3. The van der Waals surface area contributed by atoms with Crippen molar-refractivity contribution in [3.63, 3.8) is 0 Å². The predicted octanol–water partition coefficient (Wildman–Crippen LogP) is 0.302. The monoisotopic (exact) mass is 227 g/mol. The van der Waals surface area contributed by atoms with Crippen molar-refractivity contribution in [2.45, 2.75) is 18.9 Å². The van der Waals surface area contributed by atoms with Gasteiger partial charge in [0, 0.05) is 39.3 Å². The minimum atomic E-state index is 0.496. The van der Waals surface area contributed by atoms with E-state index in [1.807, 2.05) is 0 Å². The maximum Gasteiger partial charge on any atom is 0.0994 e. The van der Waals surface area contributed by atoms with Crippen LogP contribution < -0.4 is 0 Å². The summed E-state index contributed by atoms with van der Waals surface area (Å²) in [5.41, 5.74) is 0. The van der Waals surface area contributed by atoms with Gasteiger partial charge >= 0.3 is 0 Å². The van der Waals surface area contributed by atoms with E-state index in [1.54, 1.807) is 0 Å². The maximum absolute atomic E-state index is 5.99. The molecule has 2 aliphatic heterocycles. The van der Waals surface area contributed by atoms with Gasteiger partial charge < -0.3 is 14.5 Å². The molecule has 0 amide bonds. The van der Waals surface area contributed by atoms with Gasteiger partial charge in [0.2, 0.25) is 0 Å². The Balaban J connectivity index is 1.60. The molecule has 2 rings (SSSR count). The molecular weight excluding hydrogens is 202 g/mol. The zero-order valence-corrected chi connectivity index (χ0v) is 10.7. The maximum atomic E-state index is 5.99. The van der Waals surface area contributed by atoms with Crippen molar-refractivity contribution in [3.05, 3.63) is 0 Å². The Kier molecular flexibility index (Phi) is 4.58. The highest BCUT2D eigenvalue weighted by atomic mass is 16.5. The summed E-state index contributed by atoms with van der Waals surface area (Å²) in [5.74, 6) is 0. The van der Waals surface area contributed by atoms with E-state index in [0.717, 1.165) is 19.8 Å². The van der Waals surface area contributed by atoms with Gasteiger partial charge in [-0.25, -0.2) is 0 Å². The minimum absolute atomic E-state index is 0.496. The summed E-state index contributed by atoms with van der Waals surface area (Å²) in [6, 6.07) is 0. The summed E-state index contributed by atoms with van der Waals surface area (Å²) < 4.78 is 5.99. The number of nitrogens with zero attached hydrogens (tertiary/aromatic N) is 3. The molecule has 0 saturated carbocycles. The summed E-state index contributed by atoms with van der Waals surface area (Å²) in [7, 11) is 4.38. The second-order valence-electron chi connectivity index (χ2n) is 5.22. The van der Waals surface area contributed by atoms with Gasteiger partial charge in [0.25, 0.3) is 0 Å². The summed E-state index contributed by atoms with van der Waals surface area (Å²) >= 11 is 0. The molecule has 0 unspecified atom stereocenters. The Morgan fingerprint density at radius 3 is 2.06 bits per heavy atom. The molecule has 0 aromatic heterocycles. The third-order valence-corrected chi connectivity index (χ3v) is 3.75. The van der Waals surface area contributed by atoms with Crippen LogP contribution >= 0.6 is 0 Å². The lowest BCUT2D eigenvalue weighted by Crippen LogP contribution is -2.46.